The molecule has 0 spiro atoms. The van der Waals surface area contributed by atoms with Crippen molar-refractivity contribution in [3.8, 4) is 0 Å². The summed E-state index contributed by atoms with van der Waals surface area (Å²) in [6, 6.07) is 13.1. The number of likely N-dealkylation sites (tertiary alicyclic amines) is 1. The minimum atomic E-state index is -1.97. The maximum atomic E-state index is 13.1. The summed E-state index contributed by atoms with van der Waals surface area (Å²) in [4.78, 5) is 26.4. The van der Waals surface area contributed by atoms with Crippen LogP contribution in [0.3, 0.4) is 0 Å². The lowest BCUT2D eigenvalue weighted by atomic mass is 9.88. The van der Waals surface area contributed by atoms with Crippen LogP contribution in [-0.2, 0) is 28.2 Å². The van der Waals surface area contributed by atoms with E-state index in [0.717, 1.165) is 24.0 Å². The Hall–Kier alpha value is -2.90. The number of aliphatic carboxylic acids is 1. The van der Waals surface area contributed by atoms with E-state index in [0.29, 0.717) is 43.2 Å². The third-order valence-electron chi connectivity index (χ3n) is 6.61. The number of hydrogen-bond acceptors (Lipinski definition) is 5. The number of benzene rings is 2. The minimum Gasteiger partial charge on any atom is -0.479 e. The zero-order valence-corrected chi connectivity index (χ0v) is 17.7. The third kappa shape index (κ3) is 4.16. The highest BCUT2D eigenvalue weighted by atomic mass is 16.4. The number of carboxylic acids is 1. The molecule has 5 N–H and O–H groups in total. The van der Waals surface area contributed by atoms with Gasteiger partial charge in [-0.2, -0.15) is 0 Å². The summed E-state index contributed by atoms with van der Waals surface area (Å²) in [5, 5.41) is 22.7. The molecule has 7 heteroatoms. The van der Waals surface area contributed by atoms with Gasteiger partial charge in [-0.25, -0.2) is 4.79 Å². The Morgan fingerprint density at radius 1 is 1.19 bits per heavy atom. The quantitative estimate of drug-likeness (QED) is 0.586. The lowest BCUT2D eigenvalue weighted by Gasteiger charge is -2.34. The van der Waals surface area contributed by atoms with Crippen LogP contribution in [0.5, 0.6) is 0 Å². The Labute approximate surface area is 181 Å². The van der Waals surface area contributed by atoms with E-state index in [1.807, 2.05) is 17.0 Å². The Morgan fingerprint density at radius 3 is 2.61 bits per heavy atom. The molecule has 2 aromatic rings. The first-order valence-electron chi connectivity index (χ1n) is 10.7. The summed E-state index contributed by atoms with van der Waals surface area (Å²) in [7, 11) is 0. The van der Waals surface area contributed by atoms with E-state index < -0.39 is 11.6 Å². The average molecular weight is 424 g/mol. The molecule has 1 saturated heterocycles. The first-order valence-corrected chi connectivity index (χ1v) is 10.7. The van der Waals surface area contributed by atoms with Gasteiger partial charge in [-0.1, -0.05) is 36.4 Å². The SMILES string of the molecule is CC(O)(C(=O)O)c1ccc2c(c1)NC(C(=O)N1CCC(c3cccc(CN)c3)CC1)C2. The number of nitrogens with two attached hydrogens (primary N) is 1. The standard InChI is InChI=1S/C24H29N3O4/c1-24(31,23(29)30)19-6-5-18-12-21(26-20(18)13-19)22(28)27-9-7-16(8-10-27)17-4-2-3-15(11-17)14-25/h2-6,11,13,16,21,26,31H,7-10,12,14,25H2,1H3,(H,29,30). The van der Waals surface area contributed by atoms with Crippen LogP contribution >= 0.6 is 0 Å². The number of carbonyl (C=O) groups is 2. The molecule has 0 saturated carbocycles. The highest BCUT2D eigenvalue weighted by Crippen LogP contribution is 2.33. The van der Waals surface area contributed by atoms with E-state index in [9.17, 15) is 19.8 Å². The first-order chi connectivity index (χ1) is 14.8. The molecule has 1 amide bonds. The molecule has 164 valence electrons. The van der Waals surface area contributed by atoms with Crippen LogP contribution < -0.4 is 11.1 Å². The smallest absolute Gasteiger partial charge is 0.340 e. The fraction of sp³-hybridized carbons (Fsp3) is 0.417. The molecule has 0 aromatic heterocycles. The summed E-state index contributed by atoms with van der Waals surface area (Å²) in [6.07, 6.45) is 2.40. The number of nitrogens with one attached hydrogen (secondary N) is 1. The lowest BCUT2D eigenvalue weighted by Crippen LogP contribution is -2.45. The number of fused-ring (bicyclic) bond motifs is 1. The molecular formula is C24H29N3O4. The summed E-state index contributed by atoms with van der Waals surface area (Å²) in [5.41, 5.74) is 8.17. The van der Waals surface area contributed by atoms with E-state index in [2.05, 4.69) is 17.4 Å². The molecule has 0 aliphatic carbocycles. The Kier molecular flexibility index (Phi) is 5.73. The molecule has 0 radical (unpaired) electrons. The predicted octanol–water partition coefficient (Wildman–Crippen LogP) is 2.18. The number of carbonyl (C=O) groups excluding carboxylic acids is 1. The number of nitrogens with zero attached hydrogens (tertiary/aromatic N) is 1. The highest BCUT2D eigenvalue weighted by molar-refractivity contribution is 5.88. The van der Waals surface area contributed by atoms with Gasteiger partial charge in [0, 0.05) is 31.7 Å². The Bertz CT molecular complexity index is 996. The fourth-order valence-corrected chi connectivity index (χ4v) is 4.55. The van der Waals surface area contributed by atoms with Crippen LogP contribution in [0.15, 0.2) is 42.5 Å². The number of aliphatic hydroxyl groups is 1. The van der Waals surface area contributed by atoms with Crippen molar-refractivity contribution in [1.29, 1.82) is 0 Å². The van der Waals surface area contributed by atoms with Crippen molar-refractivity contribution in [2.75, 3.05) is 18.4 Å². The van der Waals surface area contributed by atoms with Gasteiger partial charge in [0.15, 0.2) is 5.60 Å². The van der Waals surface area contributed by atoms with E-state index in [4.69, 9.17) is 5.73 Å². The molecule has 31 heavy (non-hydrogen) atoms. The van der Waals surface area contributed by atoms with Crippen LogP contribution in [0, 0.1) is 0 Å². The molecule has 2 unspecified atom stereocenters. The summed E-state index contributed by atoms with van der Waals surface area (Å²) >= 11 is 0. The van der Waals surface area contributed by atoms with Gasteiger partial charge in [0.1, 0.15) is 6.04 Å². The summed E-state index contributed by atoms with van der Waals surface area (Å²) in [6.45, 7) is 3.21. The van der Waals surface area contributed by atoms with Crippen molar-refractivity contribution >= 4 is 17.6 Å². The van der Waals surface area contributed by atoms with Gasteiger partial charge in [-0.3, -0.25) is 4.79 Å². The number of anilines is 1. The van der Waals surface area contributed by atoms with E-state index >= 15 is 0 Å². The molecule has 7 nitrogen and oxygen atoms in total. The molecule has 2 aromatic carbocycles. The van der Waals surface area contributed by atoms with Crippen LogP contribution in [0.1, 0.15) is 47.9 Å². The molecule has 1 fully saturated rings. The van der Waals surface area contributed by atoms with Gasteiger partial charge in [0.25, 0.3) is 0 Å². The molecule has 2 atom stereocenters. The van der Waals surface area contributed by atoms with Gasteiger partial charge < -0.3 is 26.2 Å². The second-order valence-corrected chi connectivity index (χ2v) is 8.70. The van der Waals surface area contributed by atoms with E-state index in [1.165, 1.54) is 12.5 Å². The van der Waals surface area contributed by atoms with Crippen LogP contribution in [0.25, 0.3) is 0 Å². The number of carboxylic acid groups (broad SMARTS) is 1. The van der Waals surface area contributed by atoms with Crippen LogP contribution in [-0.4, -0.2) is 46.1 Å². The van der Waals surface area contributed by atoms with Crippen molar-refractivity contribution in [3.05, 3.63) is 64.7 Å². The molecule has 4 rings (SSSR count). The van der Waals surface area contributed by atoms with Crippen molar-refractivity contribution < 1.29 is 19.8 Å². The summed E-state index contributed by atoms with van der Waals surface area (Å²) in [5.74, 6) is -0.806. The Balaban J connectivity index is 1.39. The molecule has 2 aliphatic rings. The number of amides is 1. The third-order valence-corrected chi connectivity index (χ3v) is 6.61. The number of hydrogen-bond donors (Lipinski definition) is 4. The number of rotatable bonds is 5. The molecule has 2 aliphatic heterocycles. The predicted molar refractivity (Wildman–Crippen MR) is 118 cm³/mol. The van der Waals surface area contributed by atoms with E-state index in [1.54, 1.807) is 18.2 Å². The minimum absolute atomic E-state index is 0.0666. The van der Waals surface area contributed by atoms with Crippen LogP contribution in [0.4, 0.5) is 5.69 Å². The average Bonchev–Trinajstić information content (AvgIpc) is 3.22. The van der Waals surface area contributed by atoms with Gasteiger partial charge in [0.2, 0.25) is 5.91 Å². The maximum absolute atomic E-state index is 13.1. The zero-order chi connectivity index (χ0) is 22.2. The largest absolute Gasteiger partial charge is 0.479 e. The Morgan fingerprint density at radius 2 is 1.94 bits per heavy atom. The molecule has 0 bridgehead atoms. The van der Waals surface area contributed by atoms with Crippen molar-refractivity contribution in [2.45, 2.75) is 50.3 Å². The fourth-order valence-electron chi connectivity index (χ4n) is 4.55. The molecular weight excluding hydrogens is 394 g/mol. The topological polar surface area (TPSA) is 116 Å². The summed E-state index contributed by atoms with van der Waals surface area (Å²) < 4.78 is 0. The lowest BCUT2D eigenvalue weighted by molar-refractivity contribution is -0.157. The second-order valence-electron chi connectivity index (χ2n) is 8.70. The van der Waals surface area contributed by atoms with Crippen LogP contribution in [0.2, 0.25) is 0 Å². The monoisotopic (exact) mass is 423 g/mol. The maximum Gasteiger partial charge on any atom is 0.340 e. The van der Waals surface area contributed by atoms with Crippen molar-refractivity contribution in [2.24, 2.45) is 5.73 Å². The first kappa shape index (κ1) is 21.3. The highest BCUT2D eigenvalue weighted by Gasteiger charge is 2.36. The second kappa shape index (κ2) is 8.32. The number of piperidine rings is 1. The van der Waals surface area contributed by atoms with Crippen molar-refractivity contribution in [1.82, 2.24) is 4.90 Å². The van der Waals surface area contributed by atoms with E-state index in [-0.39, 0.29) is 11.9 Å². The van der Waals surface area contributed by atoms with Gasteiger partial charge in [-0.15, -0.1) is 0 Å². The van der Waals surface area contributed by atoms with Gasteiger partial charge >= 0.3 is 5.97 Å². The van der Waals surface area contributed by atoms with Gasteiger partial charge in [0.05, 0.1) is 0 Å². The van der Waals surface area contributed by atoms with Gasteiger partial charge in [-0.05, 0) is 54.0 Å². The zero-order valence-electron chi connectivity index (χ0n) is 17.7. The normalized spacial score (nSPS) is 20.6. The van der Waals surface area contributed by atoms with Crippen molar-refractivity contribution in [3.63, 3.8) is 0 Å². The molecule has 2 heterocycles.